The van der Waals surface area contributed by atoms with Gasteiger partial charge < -0.3 is 14.8 Å². The van der Waals surface area contributed by atoms with E-state index in [1.807, 2.05) is 12.1 Å². The molecule has 2 unspecified atom stereocenters. The highest BCUT2D eigenvalue weighted by atomic mass is 35.5. The van der Waals surface area contributed by atoms with Crippen LogP contribution >= 0.6 is 11.6 Å². The van der Waals surface area contributed by atoms with Gasteiger partial charge in [0.05, 0.1) is 10.7 Å². The number of nitrogens with one attached hydrogen (secondary N) is 1. The summed E-state index contributed by atoms with van der Waals surface area (Å²) in [5.41, 5.74) is 0.948. The van der Waals surface area contributed by atoms with E-state index in [1.165, 1.54) is 25.7 Å². The number of rotatable bonds is 3. The molecule has 0 spiro atoms. The Morgan fingerprint density at radius 3 is 2.84 bits per heavy atom. The minimum atomic E-state index is 0.287. The third kappa shape index (κ3) is 2.92. The van der Waals surface area contributed by atoms with Gasteiger partial charge in [0.1, 0.15) is 0 Å². The van der Waals surface area contributed by atoms with Crippen molar-refractivity contribution >= 4 is 17.3 Å². The van der Waals surface area contributed by atoms with Gasteiger partial charge in [-0.15, -0.1) is 0 Å². The van der Waals surface area contributed by atoms with Gasteiger partial charge in [0.25, 0.3) is 0 Å². The Morgan fingerprint density at radius 2 is 2.05 bits per heavy atom. The second-order valence-electron chi connectivity index (χ2n) is 5.70. The highest BCUT2D eigenvalue weighted by Gasteiger charge is 2.20. The van der Waals surface area contributed by atoms with Gasteiger partial charge >= 0.3 is 0 Å². The zero-order valence-corrected chi connectivity index (χ0v) is 12.0. The molecule has 1 aromatic rings. The second kappa shape index (κ2) is 5.49. The first-order valence-corrected chi connectivity index (χ1v) is 7.43. The van der Waals surface area contributed by atoms with E-state index in [2.05, 4.69) is 12.2 Å². The summed E-state index contributed by atoms with van der Waals surface area (Å²) in [4.78, 5) is 0. The summed E-state index contributed by atoms with van der Waals surface area (Å²) in [6.07, 6.45) is 5.36. The average molecular weight is 282 g/mol. The summed E-state index contributed by atoms with van der Waals surface area (Å²) in [6, 6.07) is 3.77. The lowest BCUT2D eigenvalue weighted by Crippen LogP contribution is -2.21. The van der Waals surface area contributed by atoms with E-state index in [-0.39, 0.29) is 6.79 Å². The van der Waals surface area contributed by atoms with E-state index in [4.69, 9.17) is 21.1 Å². The first-order chi connectivity index (χ1) is 9.22. The third-order valence-corrected chi connectivity index (χ3v) is 4.40. The van der Waals surface area contributed by atoms with Crippen LogP contribution in [-0.2, 0) is 0 Å². The van der Waals surface area contributed by atoms with E-state index in [0.29, 0.717) is 5.02 Å². The molecule has 0 amide bonds. The molecule has 1 heterocycles. The van der Waals surface area contributed by atoms with E-state index in [1.54, 1.807) is 0 Å². The van der Waals surface area contributed by atoms with Crippen LogP contribution in [-0.4, -0.2) is 13.3 Å². The van der Waals surface area contributed by atoms with Gasteiger partial charge in [-0.05, 0) is 24.7 Å². The molecule has 0 aromatic heterocycles. The van der Waals surface area contributed by atoms with Crippen LogP contribution in [0.5, 0.6) is 11.5 Å². The molecule has 2 aliphatic rings. The number of hydrogen-bond donors (Lipinski definition) is 1. The summed E-state index contributed by atoms with van der Waals surface area (Å²) in [5, 5.41) is 4.17. The lowest BCUT2D eigenvalue weighted by Gasteiger charge is -2.27. The van der Waals surface area contributed by atoms with Crippen LogP contribution in [0.3, 0.4) is 0 Å². The van der Waals surface area contributed by atoms with Crippen LogP contribution in [0.25, 0.3) is 0 Å². The third-order valence-electron chi connectivity index (χ3n) is 4.09. The van der Waals surface area contributed by atoms with Gasteiger partial charge in [-0.25, -0.2) is 0 Å². The SMILES string of the molecule is CC1CCCC(CNc2cc3c(cc2Cl)OCO3)C1. The van der Waals surface area contributed by atoms with Crippen LogP contribution in [0, 0.1) is 11.8 Å². The van der Waals surface area contributed by atoms with Crippen molar-refractivity contribution in [2.24, 2.45) is 11.8 Å². The maximum Gasteiger partial charge on any atom is 0.231 e. The van der Waals surface area contributed by atoms with Gasteiger partial charge in [-0.3, -0.25) is 0 Å². The average Bonchev–Trinajstić information content (AvgIpc) is 2.83. The van der Waals surface area contributed by atoms with Crippen LogP contribution in [0.1, 0.15) is 32.6 Å². The predicted molar refractivity (Wildman–Crippen MR) is 77.2 cm³/mol. The minimum absolute atomic E-state index is 0.287. The largest absolute Gasteiger partial charge is 0.454 e. The first kappa shape index (κ1) is 12.9. The second-order valence-corrected chi connectivity index (χ2v) is 6.11. The molecule has 1 N–H and O–H groups in total. The van der Waals surface area contributed by atoms with Crippen molar-refractivity contribution in [2.75, 3.05) is 18.7 Å². The number of hydrogen-bond acceptors (Lipinski definition) is 3. The highest BCUT2D eigenvalue weighted by Crippen LogP contribution is 2.39. The van der Waals surface area contributed by atoms with Crippen molar-refractivity contribution in [3.05, 3.63) is 17.2 Å². The topological polar surface area (TPSA) is 30.5 Å². The van der Waals surface area contributed by atoms with Crippen molar-refractivity contribution in [3.63, 3.8) is 0 Å². The standard InChI is InChI=1S/C15H20ClNO2/c1-10-3-2-4-11(5-10)8-17-13-7-15-14(6-12(13)16)18-9-19-15/h6-7,10-11,17H,2-5,8-9H2,1H3. The van der Waals surface area contributed by atoms with Gasteiger partial charge in [-0.2, -0.15) is 0 Å². The Labute approximate surface area is 119 Å². The fourth-order valence-electron chi connectivity index (χ4n) is 3.05. The number of halogens is 1. The molecule has 19 heavy (non-hydrogen) atoms. The normalized spacial score (nSPS) is 25.4. The molecule has 1 aliphatic carbocycles. The molecule has 1 fully saturated rings. The van der Waals surface area contributed by atoms with Crippen molar-refractivity contribution in [1.29, 1.82) is 0 Å². The molecule has 4 heteroatoms. The Balaban J connectivity index is 1.63. The van der Waals surface area contributed by atoms with Crippen molar-refractivity contribution in [3.8, 4) is 11.5 Å². The van der Waals surface area contributed by atoms with E-state index < -0.39 is 0 Å². The zero-order valence-electron chi connectivity index (χ0n) is 11.2. The smallest absolute Gasteiger partial charge is 0.231 e. The first-order valence-electron chi connectivity index (χ1n) is 7.05. The molecular formula is C15H20ClNO2. The van der Waals surface area contributed by atoms with Gasteiger partial charge in [0, 0.05) is 18.7 Å². The Morgan fingerprint density at radius 1 is 1.26 bits per heavy atom. The number of anilines is 1. The summed E-state index contributed by atoms with van der Waals surface area (Å²) in [6.45, 7) is 3.62. The molecule has 0 radical (unpaired) electrons. The van der Waals surface area contributed by atoms with E-state index >= 15 is 0 Å². The lowest BCUT2D eigenvalue weighted by molar-refractivity contribution is 0.174. The van der Waals surface area contributed by atoms with Crippen LogP contribution in [0.15, 0.2) is 12.1 Å². The van der Waals surface area contributed by atoms with Crippen LogP contribution < -0.4 is 14.8 Å². The van der Waals surface area contributed by atoms with Crippen LogP contribution in [0.4, 0.5) is 5.69 Å². The molecule has 0 saturated heterocycles. The lowest BCUT2D eigenvalue weighted by atomic mass is 9.82. The van der Waals surface area contributed by atoms with Crippen LogP contribution in [0.2, 0.25) is 5.02 Å². The summed E-state index contributed by atoms with van der Waals surface area (Å²) >= 11 is 6.26. The van der Waals surface area contributed by atoms with Gasteiger partial charge in [-0.1, -0.05) is 31.4 Å². The molecular weight excluding hydrogens is 262 g/mol. The fraction of sp³-hybridized carbons (Fsp3) is 0.600. The zero-order chi connectivity index (χ0) is 13.2. The van der Waals surface area contributed by atoms with Crippen molar-refractivity contribution in [2.45, 2.75) is 32.6 Å². The van der Waals surface area contributed by atoms with Gasteiger partial charge in [0.15, 0.2) is 11.5 Å². The number of fused-ring (bicyclic) bond motifs is 1. The summed E-state index contributed by atoms with van der Waals surface area (Å²) < 4.78 is 10.7. The quantitative estimate of drug-likeness (QED) is 0.896. The fourth-order valence-corrected chi connectivity index (χ4v) is 3.27. The van der Waals surface area contributed by atoms with Crippen molar-refractivity contribution in [1.82, 2.24) is 0 Å². The molecule has 3 rings (SSSR count). The molecule has 2 atom stereocenters. The maximum absolute atomic E-state index is 6.26. The molecule has 104 valence electrons. The Kier molecular flexibility index (Phi) is 3.74. The molecule has 3 nitrogen and oxygen atoms in total. The van der Waals surface area contributed by atoms with Gasteiger partial charge in [0.2, 0.25) is 6.79 Å². The highest BCUT2D eigenvalue weighted by molar-refractivity contribution is 6.33. The monoisotopic (exact) mass is 281 g/mol. The minimum Gasteiger partial charge on any atom is -0.454 e. The molecule has 0 bridgehead atoms. The predicted octanol–water partition coefficient (Wildman–Crippen LogP) is 4.31. The Bertz CT molecular complexity index is 464. The Hall–Kier alpha value is -1.09. The molecule has 1 aromatic carbocycles. The maximum atomic E-state index is 6.26. The summed E-state index contributed by atoms with van der Waals surface area (Å²) in [5.74, 6) is 3.13. The number of benzene rings is 1. The molecule has 1 aliphatic heterocycles. The molecule has 1 saturated carbocycles. The van der Waals surface area contributed by atoms with E-state index in [0.717, 1.165) is 35.6 Å². The van der Waals surface area contributed by atoms with E-state index in [9.17, 15) is 0 Å². The van der Waals surface area contributed by atoms with Crippen molar-refractivity contribution < 1.29 is 9.47 Å². The number of ether oxygens (including phenoxy) is 2. The summed E-state index contributed by atoms with van der Waals surface area (Å²) in [7, 11) is 0.